The highest BCUT2D eigenvalue weighted by atomic mass is 19.4. The summed E-state index contributed by atoms with van der Waals surface area (Å²) in [5.41, 5.74) is -2.54. The van der Waals surface area contributed by atoms with Gasteiger partial charge in [-0.05, 0) is 6.92 Å². The van der Waals surface area contributed by atoms with E-state index in [0.29, 0.717) is 6.92 Å². The molecular weight excluding hydrogens is 177 g/mol. The maximum absolute atomic E-state index is 12.0. The first kappa shape index (κ1) is 11.2. The number of aliphatic hydroxyl groups is 1. The van der Waals surface area contributed by atoms with Crippen LogP contribution in [-0.4, -0.2) is 29.0 Å². The van der Waals surface area contributed by atoms with Crippen LogP contribution in [0.4, 0.5) is 13.2 Å². The number of alkyl halides is 3. The van der Waals surface area contributed by atoms with Crippen LogP contribution in [0.15, 0.2) is 0 Å². The maximum Gasteiger partial charge on any atom is 0.397 e. The normalized spacial score (nSPS) is 17.1. The molecule has 0 aromatic heterocycles. The molecule has 12 heavy (non-hydrogen) atoms. The Balaban J connectivity index is 4.56. The number of carboxylic acid groups (broad SMARTS) is 1. The fourth-order valence-electron chi connectivity index (χ4n) is 0.580. The standard InChI is InChI=1S/C6H9F3O3/c1-5(3-10,2-4(11)12)6(7,8)9/h10H,2-3H2,1H3,(H,11,12)/t5-/m1/s1. The maximum atomic E-state index is 12.0. The van der Waals surface area contributed by atoms with Gasteiger partial charge in [-0.25, -0.2) is 0 Å². The molecular formula is C6H9F3O3. The molecule has 6 heteroatoms. The van der Waals surface area contributed by atoms with E-state index in [1.807, 2.05) is 0 Å². The van der Waals surface area contributed by atoms with Gasteiger partial charge in [0.1, 0.15) is 0 Å². The van der Waals surface area contributed by atoms with Crippen molar-refractivity contribution in [2.24, 2.45) is 5.41 Å². The van der Waals surface area contributed by atoms with Gasteiger partial charge in [-0.2, -0.15) is 13.2 Å². The first-order chi connectivity index (χ1) is 5.23. The van der Waals surface area contributed by atoms with E-state index in [1.165, 1.54) is 0 Å². The van der Waals surface area contributed by atoms with Gasteiger partial charge in [-0.3, -0.25) is 4.79 Å². The van der Waals surface area contributed by atoms with Gasteiger partial charge < -0.3 is 10.2 Å². The zero-order valence-electron chi connectivity index (χ0n) is 6.35. The highest BCUT2D eigenvalue weighted by Crippen LogP contribution is 2.40. The molecule has 0 aromatic rings. The molecule has 0 aliphatic carbocycles. The molecule has 0 unspecified atom stereocenters. The molecule has 0 saturated heterocycles. The van der Waals surface area contributed by atoms with E-state index in [-0.39, 0.29) is 0 Å². The molecule has 0 fully saturated rings. The molecule has 0 aliphatic heterocycles. The van der Waals surface area contributed by atoms with E-state index in [4.69, 9.17) is 10.2 Å². The fourth-order valence-corrected chi connectivity index (χ4v) is 0.580. The van der Waals surface area contributed by atoms with Crippen LogP contribution in [-0.2, 0) is 4.79 Å². The van der Waals surface area contributed by atoms with Gasteiger partial charge in [0.15, 0.2) is 0 Å². The van der Waals surface area contributed by atoms with E-state index in [1.54, 1.807) is 0 Å². The van der Waals surface area contributed by atoms with Crippen molar-refractivity contribution in [2.45, 2.75) is 19.5 Å². The van der Waals surface area contributed by atoms with E-state index in [2.05, 4.69) is 0 Å². The number of aliphatic hydroxyl groups excluding tert-OH is 1. The predicted molar refractivity (Wildman–Crippen MR) is 33.5 cm³/mol. The minimum absolute atomic E-state index is 0.668. The second-order valence-corrected chi connectivity index (χ2v) is 2.79. The average molecular weight is 186 g/mol. The Morgan fingerprint density at radius 2 is 1.83 bits per heavy atom. The second-order valence-electron chi connectivity index (χ2n) is 2.79. The lowest BCUT2D eigenvalue weighted by Crippen LogP contribution is -2.40. The van der Waals surface area contributed by atoms with Crippen LogP contribution in [0.1, 0.15) is 13.3 Å². The molecule has 0 aliphatic rings. The van der Waals surface area contributed by atoms with E-state index in [0.717, 1.165) is 0 Å². The van der Waals surface area contributed by atoms with Crippen molar-refractivity contribution in [3.8, 4) is 0 Å². The van der Waals surface area contributed by atoms with Crippen LogP contribution in [0, 0.1) is 5.41 Å². The minimum atomic E-state index is -4.69. The van der Waals surface area contributed by atoms with Gasteiger partial charge in [0.25, 0.3) is 0 Å². The lowest BCUT2D eigenvalue weighted by Gasteiger charge is -2.27. The van der Waals surface area contributed by atoms with E-state index in [9.17, 15) is 18.0 Å². The zero-order chi connectivity index (χ0) is 9.99. The number of rotatable bonds is 3. The van der Waals surface area contributed by atoms with Gasteiger partial charge >= 0.3 is 12.1 Å². The summed E-state index contributed by atoms with van der Waals surface area (Å²) in [6.45, 7) is -0.552. The molecule has 0 aromatic carbocycles. The summed E-state index contributed by atoms with van der Waals surface area (Å²) in [6, 6.07) is 0. The van der Waals surface area contributed by atoms with Crippen LogP contribution in [0.3, 0.4) is 0 Å². The summed E-state index contributed by atoms with van der Waals surface area (Å²) in [5.74, 6) is -1.58. The van der Waals surface area contributed by atoms with Crippen molar-refractivity contribution in [1.29, 1.82) is 0 Å². The highest BCUT2D eigenvalue weighted by Gasteiger charge is 2.51. The summed E-state index contributed by atoms with van der Waals surface area (Å²) in [5, 5.41) is 16.5. The van der Waals surface area contributed by atoms with Crippen molar-refractivity contribution in [3.63, 3.8) is 0 Å². The summed E-state index contributed by atoms with van der Waals surface area (Å²) in [4.78, 5) is 10.0. The summed E-state index contributed by atoms with van der Waals surface area (Å²) in [6.07, 6.45) is -5.81. The predicted octanol–water partition coefficient (Wildman–Crippen LogP) is 1.02. The van der Waals surface area contributed by atoms with Gasteiger partial charge in [-0.1, -0.05) is 0 Å². The monoisotopic (exact) mass is 186 g/mol. The molecule has 0 saturated carbocycles. The Hall–Kier alpha value is -0.780. The van der Waals surface area contributed by atoms with Gasteiger partial charge in [-0.15, -0.1) is 0 Å². The third-order valence-corrected chi connectivity index (χ3v) is 1.57. The Bertz CT molecular complexity index is 177. The SMILES string of the molecule is C[C@](CO)(CC(=O)O)C(F)(F)F. The quantitative estimate of drug-likeness (QED) is 0.691. The molecule has 0 heterocycles. The summed E-state index contributed by atoms with van der Waals surface area (Å²) < 4.78 is 36.1. The van der Waals surface area contributed by atoms with Gasteiger partial charge in [0, 0.05) is 0 Å². The van der Waals surface area contributed by atoms with Gasteiger partial charge in [0.2, 0.25) is 0 Å². The molecule has 0 radical (unpaired) electrons. The average Bonchev–Trinajstić information content (AvgIpc) is 1.83. The number of carbonyl (C=O) groups is 1. The third-order valence-electron chi connectivity index (χ3n) is 1.57. The van der Waals surface area contributed by atoms with Crippen LogP contribution < -0.4 is 0 Å². The molecule has 2 N–H and O–H groups in total. The zero-order valence-corrected chi connectivity index (χ0v) is 6.35. The highest BCUT2D eigenvalue weighted by molar-refractivity contribution is 5.67. The first-order valence-electron chi connectivity index (χ1n) is 3.12. The molecule has 0 bridgehead atoms. The Kier molecular flexibility index (Phi) is 3.09. The molecule has 0 spiro atoms. The van der Waals surface area contributed by atoms with Crippen molar-refractivity contribution < 1.29 is 28.2 Å². The van der Waals surface area contributed by atoms with Crippen molar-refractivity contribution >= 4 is 5.97 Å². The third kappa shape index (κ3) is 2.37. The minimum Gasteiger partial charge on any atom is -0.481 e. The molecule has 0 amide bonds. The number of halogens is 3. The topological polar surface area (TPSA) is 57.5 Å². The van der Waals surface area contributed by atoms with Crippen molar-refractivity contribution in [1.82, 2.24) is 0 Å². The van der Waals surface area contributed by atoms with Gasteiger partial charge in [0.05, 0.1) is 18.4 Å². The first-order valence-corrected chi connectivity index (χ1v) is 3.12. The number of hydrogen-bond donors (Lipinski definition) is 2. The smallest absolute Gasteiger partial charge is 0.397 e. The van der Waals surface area contributed by atoms with Crippen LogP contribution >= 0.6 is 0 Å². The largest absolute Gasteiger partial charge is 0.481 e. The van der Waals surface area contributed by atoms with Crippen LogP contribution in [0.2, 0.25) is 0 Å². The second kappa shape index (κ2) is 3.30. The Labute approximate surface area is 66.8 Å². The van der Waals surface area contributed by atoms with Crippen molar-refractivity contribution in [2.75, 3.05) is 6.61 Å². The summed E-state index contributed by atoms with van der Waals surface area (Å²) in [7, 11) is 0. The molecule has 72 valence electrons. The molecule has 3 nitrogen and oxygen atoms in total. The Morgan fingerprint density at radius 3 is 1.92 bits per heavy atom. The number of hydrogen-bond acceptors (Lipinski definition) is 2. The number of aliphatic carboxylic acids is 1. The molecule has 1 atom stereocenters. The molecule has 0 rings (SSSR count). The lowest BCUT2D eigenvalue weighted by molar-refractivity contribution is -0.233. The van der Waals surface area contributed by atoms with Crippen molar-refractivity contribution in [3.05, 3.63) is 0 Å². The fraction of sp³-hybridized carbons (Fsp3) is 0.833. The van der Waals surface area contributed by atoms with Crippen LogP contribution in [0.5, 0.6) is 0 Å². The number of carboxylic acids is 1. The lowest BCUT2D eigenvalue weighted by atomic mass is 9.87. The van der Waals surface area contributed by atoms with E-state index < -0.39 is 30.6 Å². The Morgan fingerprint density at radius 1 is 1.42 bits per heavy atom. The van der Waals surface area contributed by atoms with Crippen LogP contribution in [0.25, 0.3) is 0 Å². The summed E-state index contributed by atoms with van der Waals surface area (Å²) >= 11 is 0. The van der Waals surface area contributed by atoms with E-state index >= 15 is 0 Å².